The summed E-state index contributed by atoms with van der Waals surface area (Å²) in [5.41, 5.74) is 0.0869. The summed E-state index contributed by atoms with van der Waals surface area (Å²) in [6.07, 6.45) is -6.96. The zero-order valence-electron chi connectivity index (χ0n) is 14.4. The Bertz CT molecular complexity index is 1010. The Morgan fingerprint density at radius 3 is 2.50 bits per heavy atom. The number of hydrogen-bond acceptors (Lipinski definition) is 2. The number of nitrogens with zero attached hydrogens (tertiary/aromatic N) is 3. The van der Waals surface area contributed by atoms with E-state index in [1.165, 1.54) is 19.2 Å². The van der Waals surface area contributed by atoms with Crippen LogP contribution >= 0.6 is 0 Å². The minimum Gasteiger partial charge on any atom is -0.348 e. The molecule has 0 unspecified atom stereocenters. The van der Waals surface area contributed by atoms with Crippen molar-refractivity contribution in [2.24, 2.45) is 7.05 Å². The lowest BCUT2D eigenvalue weighted by atomic mass is 10.1. The highest BCUT2D eigenvalue weighted by molar-refractivity contribution is 5.93. The number of nitrogens with one attached hydrogen (secondary N) is 1. The Kier molecular flexibility index (Phi) is 4.86. The fourth-order valence-electron chi connectivity index (χ4n) is 2.82. The number of fused-ring (bicyclic) bond motifs is 1. The number of benzene rings is 1. The summed E-state index contributed by atoms with van der Waals surface area (Å²) in [7, 11) is 1.31. The largest absolute Gasteiger partial charge is 0.431 e. The third kappa shape index (κ3) is 4.29. The van der Waals surface area contributed by atoms with Crippen molar-refractivity contribution < 1.29 is 31.1 Å². The van der Waals surface area contributed by atoms with E-state index in [1.54, 1.807) is 6.07 Å². The van der Waals surface area contributed by atoms with Gasteiger partial charge in [0.05, 0.1) is 11.8 Å². The number of aryl methyl sites for hydroxylation is 1. The predicted molar refractivity (Wildman–Crippen MR) is 87.4 cm³/mol. The second-order valence-electron chi connectivity index (χ2n) is 6.20. The van der Waals surface area contributed by atoms with E-state index >= 15 is 0 Å². The van der Waals surface area contributed by atoms with Gasteiger partial charge in [-0.2, -0.15) is 31.4 Å². The summed E-state index contributed by atoms with van der Waals surface area (Å²) in [5.74, 6) is -0.641. The summed E-state index contributed by atoms with van der Waals surface area (Å²) in [5, 5.41) is 6.35. The molecule has 3 rings (SSSR count). The maximum absolute atomic E-state index is 13.0. The quantitative estimate of drug-likeness (QED) is 0.671. The van der Waals surface area contributed by atoms with E-state index in [0.717, 1.165) is 23.0 Å². The van der Waals surface area contributed by atoms with Crippen molar-refractivity contribution in [1.29, 1.82) is 0 Å². The number of halogens is 6. The van der Waals surface area contributed by atoms with Gasteiger partial charge in [0.2, 0.25) is 0 Å². The first kappa shape index (κ1) is 19.8. The highest BCUT2D eigenvalue weighted by Crippen LogP contribution is 2.33. The van der Waals surface area contributed by atoms with Gasteiger partial charge in [0.25, 0.3) is 5.91 Å². The minimum absolute atomic E-state index is 0.00449. The van der Waals surface area contributed by atoms with Crippen molar-refractivity contribution in [1.82, 2.24) is 19.7 Å². The van der Waals surface area contributed by atoms with Crippen LogP contribution in [0, 0.1) is 0 Å². The van der Waals surface area contributed by atoms with Crippen molar-refractivity contribution in [2.45, 2.75) is 25.4 Å². The molecule has 1 aromatic carbocycles. The van der Waals surface area contributed by atoms with Gasteiger partial charge in [0, 0.05) is 30.7 Å². The standard InChI is InChI=1S/C17H14F6N4O/c1-26-13-3-2-10(4-11(13)5-14(26)17(21,22)23)6-24-15(28)12-7-25-27(8-12)9-16(18,19)20/h2-5,7-8H,6,9H2,1H3,(H,24,28). The molecule has 0 atom stereocenters. The molecule has 1 amide bonds. The van der Waals surface area contributed by atoms with Crippen LogP contribution in [0.25, 0.3) is 10.9 Å². The Labute approximate surface area is 154 Å². The van der Waals surface area contributed by atoms with Gasteiger partial charge in [-0.05, 0) is 23.8 Å². The predicted octanol–water partition coefficient (Wildman–Crippen LogP) is 3.89. The van der Waals surface area contributed by atoms with Crippen molar-refractivity contribution in [3.8, 4) is 0 Å². The molecule has 28 heavy (non-hydrogen) atoms. The number of carbonyl (C=O) groups is 1. The molecule has 0 spiro atoms. The van der Waals surface area contributed by atoms with Crippen LogP contribution < -0.4 is 5.32 Å². The molecule has 0 bridgehead atoms. The second-order valence-corrected chi connectivity index (χ2v) is 6.20. The molecule has 0 aliphatic heterocycles. The molecule has 0 aliphatic rings. The van der Waals surface area contributed by atoms with Crippen LogP contribution in [0.1, 0.15) is 21.6 Å². The Morgan fingerprint density at radius 1 is 1.14 bits per heavy atom. The fraction of sp³-hybridized carbons (Fsp3) is 0.294. The van der Waals surface area contributed by atoms with Gasteiger partial charge < -0.3 is 9.88 Å². The van der Waals surface area contributed by atoms with Gasteiger partial charge in [-0.3, -0.25) is 9.48 Å². The van der Waals surface area contributed by atoms with Gasteiger partial charge in [0.1, 0.15) is 12.2 Å². The molecule has 2 aromatic heterocycles. The van der Waals surface area contributed by atoms with Gasteiger partial charge in [0.15, 0.2) is 0 Å². The van der Waals surface area contributed by atoms with Crippen LogP contribution in [-0.4, -0.2) is 26.4 Å². The number of carbonyl (C=O) groups excluding carboxylic acids is 1. The zero-order chi connectivity index (χ0) is 20.7. The molecular formula is C17H14F6N4O. The van der Waals surface area contributed by atoms with Crippen LogP contribution in [0.3, 0.4) is 0 Å². The number of rotatable bonds is 4. The van der Waals surface area contributed by atoms with Crippen LogP contribution in [0.2, 0.25) is 0 Å². The van der Waals surface area contributed by atoms with E-state index in [1.807, 2.05) is 0 Å². The van der Waals surface area contributed by atoms with Crippen molar-refractivity contribution in [3.05, 3.63) is 53.5 Å². The van der Waals surface area contributed by atoms with Gasteiger partial charge >= 0.3 is 12.4 Å². The molecule has 11 heteroatoms. The maximum Gasteiger partial charge on any atom is 0.431 e. The molecule has 0 saturated carbocycles. The zero-order valence-corrected chi connectivity index (χ0v) is 14.4. The number of amides is 1. The highest BCUT2D eigenvalue weighted by atomic mass is 19.4. The van der Waals surface area contributed by atoms with Crippen molar-refractivity contribution in [3.63, 3.8) is 0 Å². The van der Waals surface area contributed by atoms with Crippen LogP contribution in [0.4, 0.5) is 26.3 Å². The van der Waals surface area contributed by atoms with Crippen LogP contribution in [0.15, 0.2) is 36.7 Å². The minimum atomic E-state index is -4.49. The normalized spacial score (nSPS) is 12.5. The molecule has 0 saturated heterocycles. The van der Waals surface area contributed by atoms with E-state index in [9.17, 15) is 31.1 Å². The van der Waals surface area contributed by atoms with Crippen LogP contribution in [-0.2, 0) is 26.3 Å². The molecular weight excluding hydrogens is 390 g/mol. The molecule has 3 aromatic rings. The lowest BCUT2D eigenvalue weighted by molar-refractivity contribution is -0.143. The Morgan fingerprint density at radius 2 is 1.86 bits per heavy atom. The van der Waals surface area contributed by atoms with Crippen LogP contribution in [0.5, 0.6) is 0 Å². The number of aromatic nitrogens is 3. The third-order valence-corrected chi connectivity index (χ3v) is 4.09. The third-order valence-electron chi connectivity index (χ3n) is 4.09. The Hall–Kier alpha value is -2.98. The summed E-state index contributed by atoms with van der Waals surface area (Å²) in [4.78, 5) is 12.1. The van der Waals surface area contributed by atoms with E-state index in [0.29, 0.717) is 21.1 Å². The summed E-state index contributed by atoms with van der Waals surface area (Å²) < 4.78 is 77.5. The second kappa shape index (κ2) is 6.88. The molecule has 0 fully saturated rings. The number of hydrogen-bond donors (Lipinski definition) is 1. The molecule has 5 nitrogen and oxygen atoms in total. The molecule has 2 heterocycles. The van der Waals surface area contributed by atoms with E-state index in [-0.39, 0.29) is 12.1 Å². The summed E-state index contributed by atoms with van der Waals surface area (Å²) in [6, 6.07) is 5.60. The smallest absolute Gasteiger partial charge is 0.348 e. The first-order chi connectivity index (χ1) is 12.9. The monoisotopic (exact) mass is 404 g/mol. The van der Waals surface area contributed by atoms with E-state index in [4.69, 9.17) is 0 Å². The summed E-state index contributed by atoms with van der Waals surface area (Å²) in [6.45, 7) is -1.32. The average molecular weight is 404 g/mol. The van der Waals surface area contributed by atoms with Gasteiger partial charge in [-0.25, -0.2) is 0 Å². The number of alkyl halides is 6. The lowest BCUT2D eigenvalue weighted by Gasteiger charge is -2.08. The van der Waals surface area contributed by atoms with Gasteiger partial charge in [-0.1, -0.05) is 6.07 Å². The fourth-order valence-corrected chi connectivity index (χ4v) is 2.82. The molecule has 0 radical (unpaired) electrons. The summed E-state index contributed by atoms with van der Waals surface area (Å²) >= 11 is 0. The first-order valence-corrected chi connectivity index (χ1v) is 7.97. The van der Waals surface area contributed by atoms with E-state index < -0.39 is 30.5 Å². The Balaban J connectivity index is 1.70. The highest BCUT2D eigenvalue weighted by Gasteiger charge is 2.34. The molecule has 150 valence electrons. The van der Waals surface area contributed by atoms with Gasteiger partial charge in [-0.15, -0.1) is 0 Å². The van der Waals surface area contributed by atoms with E-state index in [2.05, 4.69) is 10.4 Å². The average Bonchev–Trinajstić information content (AvgIpc) is 3.15. The lowest BCUT2D eigenvalue weighted by Crippen LogP contribution is -2.22. The maximum atomic E-state index is 13.0. The SMILES string of the molecule is Cn1c(C(F)(F)F)cc2cc(CNC(=O)c3cnn(CC(F)(F)F)c3)ccc21. The first-order valence-electron chi connectivity index (χ1n) is 7.97. The van der Waals surface area contributed by atoms with Crippen molar-refractivity contribution in [2.75, 3.05) is 0 Å². The molecule has 1 N–H and O–H groups in total. The van der Waals surface area contributed by atoms with Crippen molar-refractivity contribution >= 4 is 16.8 Å². The topological polar surface area (TPSA) is 51.9 Å². The molecule has 0 aliphatic carbocycles.